The van der Waals surface area contributed by atoms with Crippen molar-refractivity contribution in [2.75, 3.05) is 6.79 Å². The molecule has 2 heterocycles. The lowest BCUT2D eigenvalue weighted by atomic mass is 10.2. The van der Waals surface area contributed by atoms with E-state index >= 15 is 0 Å². The maximum atomic E-state index is 12.2. The number of carbonyl (C=O) groups excluding carboxylic acids is 1. The molecule has 6 nitrogen and oxygen atoms in total. The van der Waals surface area contributed by atoms with Crippen LogP contribution in [0.15, 0.2) is 83.5 Å². The van der Waals surface area contributed by atoms with E-state index in [2.05, 4.69) is 4.99 Å². The van der Waals surface area contributed by atoms with Gasteiger partial charge < -0.3 is 18.9 Å². The van der Waals surface area contributed by atoms with Crippen LogP contribution < -0.4 is 14.2 Å². The molecule has 3 aromatic rings. The van der Waals surface area contributed by atoms with Gasteiger partial charge in [0.1, 0.15) is 12.4 Å². The zero-order chi connectivity index (χ0) is 20.3. The van der Waals surface area contributed by atoms with E-state index in [1.54, 1.807) is 24.3 Å². The van der Waals surface area contributed by atoms with Crippen LogP contribution in [0.1, 0.15) is 16.7 Å². The summed E-state index contributed by atoms with van der Waals surface area (Å²) in [6, 6.07) is 22.7. The minimum atomic E-state index is -0.493. The van der Waals surface area contributed by atoms with Gasteiger partial charge in [0.15, 0.2) is 17.2 Å². The van der Waals surface area contributed by atoms with Gasteiger partial charge in [0.05, 0.1) is 0 Å². The summed E-state index contributed by atoms with van der Waals surface area (Å²) < 4.78 is 21.8. The molecule has 0 spiro atoms. The molecular weight excluding hydrogens is 382 g/mol. The van der Waals surface area contributed by atoms with Crippen LogP contribution in [0.4, 0.5) is 0 Å². The van der Waals surface area contributed by atoms with Gasteiger partial charge in [-0.1, -0.05) is 42.5 Å². The van der Waals surface area contributed by atoms with Gasteiger partial charge in [0.2, 0.25) is 12.7 Å². The Hall–Kier alpha value is -4.06. The normalized spacial score (nSPS) is 15.8. The monoisotopic (exact) mass is 399 g/mol. The molecule has 148 valence electrons. The maximum absolute atomic E-state index is 12.2. The molecule has 0 radical (unpaired) electrons. The molecule has 0 atom stereocenters. The van der Waals surface area contributed by atoms with E-state index in [1.807, 2.05) is 54.6 Å². The lowest BCUT2D eigenvalue weighted by molar-refractivity contribution is -0.129. The van der Waals surface area contributed by atoms with Crippen LogP contribution in [0.5, 0.6) is 17.2 Å². The first-order valence-corrected chi connectivity index (χ1v) is 9.44. The summed E-state index contributed by atoms with van der Waals surface area (Å²) in [4.78, 5) is 16.6. The van der Waals surface area contributed by atoms with Crippen molar-refractivity contribution >= 4 is 17.9 Å². The molecule has 6 heteroatoms. The zero-order valence-corrected chi connectivity index (χ0v) is 15.9. The second kappa shape index (κ2) is 7.75. The Morgan fingerprint density at radius 3 is 2.57 bits per heavy atom. The van der Waals surface area contributed by atoms with Gasteiger partial charge in [-0.3, -0.25) is 0 Å². The number of carbonyl (C=O) groups is 1. The Kier molecular flexibility index (Phi) is 4.65. The maximum Gasteiger partial charge on any atom is 0.363 e. The van der Waals surface area contributed by atoms with Crippen molar-refractivity contribution in [3.05, 3.63) is 95.2 Å². The van der Waals surface area contributed by atoms with E-state index < -0.39 is 5.97 Å². The summed E-state index contributed by atoms with van der Waals surface area (Å²) in [6.07, 6.45) is 1.68. The summed E-state index contributed by atoms with van der Waals surface area (Å²) in [5, 5.41) is 0. The minimum Gasteiger partial charge on any atom is -0.489 e. The van der Waals surface area contributed by atoms with Crippen LogP contribution >= 0.6 is 0 Å². The Bertz CT molecular complexity index is 1150. The highest BCUT2D eigenvalue weighted by atomic mass is 16.7. The summed E-state index contributed by atoms with van der Waals surface area (Å²) in [6.45, 7) is 0.679. The standard InChI is InChI=1S/C24H17NO5/c26-24-20(25-23(30-24)18-8-11-21-22(13-18)29-15-28-21)12-16-6-9-19(10-7-16)27-14-17-4-2-1-3-5-17/h1-13H,14-15H2. The highest BCUT2D eigenvalue weighted by molar-refractivity contribution is 6.13. The molecule has 0 aliphatic carbocycles. The molecule has 0 bridgehead atoms. The van der Waals surface area contributed by atoms with E-state index in [4.69, 9.17) is 18.9 Å². The van der Waals surface area contributed by atoms with Gasteiger partial charge in [-0.25, -0.2) is 9.79 Å². The fourth-order valence-corrected chi connectivity index (χ4v) is 3.12. The van der Waals surface area contributed by atoms with Crippen molar-refractivity contribution in [3.63, 3.8) is 0 Å². The Morgan fingerprint density at radius 1 is 0.933 bits per heavy atom. The molecular formula is C24H17NO5. The lowest BCUT2D eigenvalue weighted by Gasteiger charge is -2.06. The second-order valence-corrected chi connectivity index (χ2v) is 6.75. The quantitative estimate of drug-likeness (QED) is 0.472. The van der Waals surface area contributed by atoms with Crippen LogP contribution in [-0.4, -0.2) is 18.7 Å². The lowest BCUT2D eigenvalue weighted by Crippen LogP contribution is -2.05. The predicted octanol–water partition coefficient (Wildman–Crippen LogP) is 4.34. The third kappa shape index (κ3) is 3.75. The third-order valence-electron chi connectivity index (χ3n) is 4.67. The predicted molar refractivity (Wildman–Crippen MR) is 110 cm³/mol. The first-order valence-electron chi connectivity index (χ1n) is 9.44. The molecule has 0 aromatic heterocycles. The second-order valence-electron chi connectivity index (χ2n) is 6.75. The Labute approximate surface area is 173 Å². The van der Waals surface area contributed by atoms with Gasteiger partial charge in [-0.2, -0.15) is 0 Å². The number of benzene rings is 3. The van der Waals surface area contributed by atoms with Crippen molar-refractivity contribution in [2.45, 2.75) is 6.61 Å². The number of hydrogen-bond donors (Lipinski definition) is 0. The first-order chi connectivity index (χ1) is 14.7. The van der Waals surface area contributed by atoms with E-state index in [1.165, 1.54) is 0 Å². The average molecular weight is 399 g/mol. The fraction of sp³-hybridized carbons (Fsp3) is 0.0833. The number of aliphatic imine (C=N–C) groups is 1. The van der Waals surface area contributed by atoms with Crippen LogP contribution in [0.3, 0.4) is 0 Å². The number of esters is 1. The van der Waals surface area contributed by atoms with Crippen LogP contribution in [-0.2, 0) is 16.1 Å². The minimum absolute atomic E-state index is 0.182. The molecule has 0 fully saturated rings. The number of ether oxygens (including phenoxy) is 4. The van der Waals surface area contributed by atoms with Crippen LogP contribution in [0, 0.1) is 0 Å². The van der Waals surface area contributed by atoms with Crippen molar-refractivity contribution in [3.8, 4) is 17.2 Å². The Balaban J connectivity index is 1.30. The molecule has 0 amide bonds. The van der Waals surface area contributed by atoms with Crippen LogP contribution in [0.25, 0.3) is 6.08 Å². The molecule has 2 aliphatic rings. The Morgan fingerprint density at radius 2 is 1.73 bits per heavy atom. The van der Waals surface area contributed by atoms with E-state index in [-0.39, 0.29) is 18.4 Å². The summed E-state index contributed by atoms with van der Waals surface area (Å²) >= 11 is 0. The number of nitrogens with zero attached hydrogens (tertiary/aromatic N) is 1. The number of hydrogen-bond acceptors (Lipinski definition) is 6. The van der Waals surface area contributed by atoms with E-state index in [0.29, 0.717) is 23.7 Å². The number of cyclic esters (lactones) is 1. The number of fused-ring (bicyclic) bond motifs is 1. The molecule has 0 N–H and O–H groups in total. The fourth-order valence-electron chi connectivity index (χ4n) is 3.12. The van der Waals surface area contributed by atoms with Gasteiger partial charge >= 0.3 is 5.97 Å². The molecule has 3 aromatic carbocycles. The zero-order valence-electron chi connectivity index (χ0n) is 15.9. The molecule has 30 heavy (non-hydrogen) atoms. The van der Waals surface area contributed by atoms with Crippen molar-refractivity contribution in [1.29, 1.82) is 0 Å². The van der Waals surface area contributed by atoms with E-state index in [9.17, 15) is 4.79 Å². The molecule has 5 rings (SSSR count). The van der Waals surface area contributed by atoms with Gasteiger partial charge in [0, 0.05) is 5.56 Å². The average Bonchev–Trinajstić information content (AvgIpc) is 3.40. The van der Waals surface area contributed by atoms with Gasteiger partial charge in [0.25, 0.3) is 0 Å². The summed E-state index contributed by atoms with van der Waals surface area (Å²) in [5.41, 5.74) is 2.81. The molecule has 0 saturated carbocycles. The largest absolute Gasteiger partial charge is 0.489 e. The summed E-state index contributed by atoms with van der Waals surface area (Å²) in [7, 11) is 0. The van der Waals surface area contributed by atoms with Crippen molar-refractivity contribution in [1.82, 2.24) is 0 Å². The van der Waals surface area contributed by atoms with Crippen molar-refractivity contribution in [2.24, 2.45) is 4.99 Å². The summed E-state index contributed by atoms with van der Waals surface area (Å²) in [5.74, 6) is 1.77. The first kappa shape index (κ1) is 18.0. The smallest absolute Gasteiger partial charge is 0.363 e. The number of rotatable bonds is 5. The third-order valence-corrected chi connectivity index (χ3v) is 4.67. The van der Waals surface area contributed by atoms with Gasteiger partial charge in [-0.05, 0) is 47.5 Å². The van der Waals surface area contributed by atoms with Crippen LogP contribution in [0.2, 0.25) is 0 Å². The van der Waals surface area contributed by atoms with Crippen molar-refractivity contribution < 1.29 is 23.7 Å². The highest BCUT2D eigenvalue weighted by Gasteiger charge is 2.25. The molecule has 0 unspecified atom stereocenters. The SMILES string of the molecule is O=C1OC(c2ccc3c(c2)OCO3)=NC1=Cc1ccc(OCc2ccccc2)cc1. The molecule has 0 saturated heterocycles. The van der Waals surface area contributed by atoms with E-state index in [0.717, 1.165) is 16.9 Å². The highest BCUT2D eigenvalue weighted by Crippen LogP contribution is 2.33. The molecule has 2 aliphatic heterocycles. The van der Waals surface area contributed by atoms with Gasteiger partial charge in [-0.15, -0.1) is 0 Å². The topological polar surface area (TPSA) is 66.4 Å².